The number of carbonyl (C=O) groups is 4. The highest BCUT2D eigenvalue weighted by atomic mass is 16.5. The first kappa shape index (κ1) is 30.8. The van der Waals surface area contributed by atoms with Gasteiger partial charge in [0.1, 0.15) is 11.5 Å². The number of nitrogens with one attached hydrogen (secondary N) is 2. The van der Waals surface area contributed by atoms with E-state index in [1.165, 1.54) is 18.4 Å². The van der Waals surface area contributed by atoms with Gasteiger partial charge in [-0.3, -0.25) is 9.59 Å². The van der Waals surface area contributed by atoms with Gasteiger partial charge in [-0.25, -0.2) is 15.0 Å². The molecule has 0 fully saturated rings. The van der Waals surface area contributed by atoms with Crippen LogP contribution in [-0.2, 0) is 4.79 Å². The second kappa shape index (κ2) is 15.2. The lowest BCUT2D eigenvalue weighted by Gasteiger charge is -2.08. The van der Waals surface area contributed by atoms with E-state index in [-0.39, 0.29) is 17.4 Å². The van der Waals surface area contributed by atoms with E-state index in [0.29, 0.717) is 33.5 Å². The molecule has 0 atom stereocenters. The van der Waals surface area contributed by atoms with Crippen molar-refractivity contribution in [3.8, 4) is 11.5 Å². The molecule has 0 aliphatic carbocycles. The molecule has 0 aromatic heterocycles. The van der Waals surface area contributed by atoms with Gasteiger partial charge in [-0.2, -0.15) is 5.10 Å². The number of rotatable bonds is 10. The number of hydrogen-bond acceptors (Lipinski definition) is 7. The summed E-state index contributed by atoms with van der Waals surface area (Å²) in [4.78, 5) is 50.1. The van der Waals surface area contributed by atoms with Crippen LogP contribution < -0.4 is 20.2 Å². The fourth-order valence-electron chi connectivity index (χ4n) is 4.15. The van der Waals surface area contributed by atoms with Crippen molar-refractivity contribution in [2.24, 2.45) is 5.10 Å². The van der Waals surface area contributed by atoms with Crippen LogP contribution in [0.3, 0.4) is 0 Å². The summed E-state index contributed by atoms with van der Waals surface area (Å²) in [6.45, 7) is 0. The van der Waals surface area contributed by atoms with E-state index >= 15 is 0 Å². The molecule has 0 spiro atoms. The first-order valence-corrected chi connectivity index (χ1v) is 14.1. The summed E-state index contributed by atoms with van der Waals surface area (Å²) < 4.78 is 11.0. The van der Waals surface area contributed by atoms with Crippen LogP contribution in [0, 0.1) is 0 Å². The average molecular weight is 610 g/mol. The summed E-state index contributed by atoms with van der Waals surface area (Å²) in [5.74, 6) is -1.41. The maximum absolute atomic E-state index is 12.7. The number of carbonyl (C=O) groups excluding carboxylic acids is 4. The Bertz CT molecular complexity index is 1900. The van der Waals surface area contributed by atoms with Gasteiger partial charge in [0.15, 0.2) is 0 Å². The minimum atomic E-state index is -0.673. The monoisotopic (exact) mass is 609 g/mol. The van der Waals surface area contributed by atoms with E-state index < -0.39 is 17.8 Å². The van der Waals surface area contributed by atoms with Crippen LogP contribution in [0.1, 0.15) is 42.2 Å². The third kappa shape index (κ3) is 8.48. The topological polar surface area (TPSA) is 123 Å². The molecule has 0 aliphatic heterocycles. The highest BCUT2D eigenvalue weighted by Gasteiger charge is 2.12. The Morgan fingerprint density at radius 3 is 1.76 bits per heavy atom. The minimum Gasteiger partial charge on any atom is -0.423 e. The zero-order valence-corrected chi connectivity index (χ0v) is 24.3. The number of hydrazone groups is 1. The Balaban J connectivity index is 1.17. The third-order valence-electron chi connectivity index (χ3n) is 6.47. The molecular weight excluding hydrogens is 582 g/mol. The molecule has 5 aromatic carbocycles. The van der Waals surface area contributed by atoms with Crippen LogP contribution in [0.4, 0.5) is 5.69 Å². The molecule has 0 saturated carbocycles. The molecule has 0 radical (unpaired) electrons. The summed E-state index contributed by atoms with van der Waals surface area (Å²) in [5.41, 5.74) is 5.18. The van der Waals surface area contributed by atoms with Crippen molar-refractivity contribution in [3.05, 3.63) is 167 Å². The lowest BCUT2D eigenvalue weighted by molar-refractivity contribution is -0.128. The quantitative estimate of drug-likeness (QED) is 0.0609. The first-order chi connectivity index (χ1) is 22.5. The smallest absolute Gasteiger partial charge is 0.343 e. The van der Waals surface area contributed by atoms with Gasteiger partial charge >= 0.3 is 11.9 Å². The van der Waals surface area contributed by atoms with Gasteiger partial charge in [-0.1, -0.05) is 66.7 Å². The zero-order chi connectivity index (χ0) is 32.1. The molecule has 0 bridgehead atoms. The van der Waals surface area contributed by atoms with E-state index in [0.717, 1.165) is 0 Å². The molecular formula is C37H27N3O6. The molecule has 2 amide bonds. The summed E-state index contributed by atoms with van der Waals surface area (Å²) in [6.07, 6.45) is 4.07. The molecule has 46 heavy (non-hydrogen) atoms. The van der Waals surface area contributed by atoms with Gasteiger partial charge in [0.05, 0.1) is 11.8 Å². The summed E-state index contributed by atoms with van der Waals surface area (Å²) in [7, 11) is 0. The molecule has 0 heterocycles. The lowest BCUT2D eigenvalue weighted by Crippen LogP contribution is -2.18. The Kier molecular flexibility index (Phi) is 10.2. The number of hydrogen-bond donors (Lipinski definition) is 2. The first-order valence-electron chi connectivity index (χ1n) is 14.1. The molecule has 2 N–H and O–H groups in total. The Morgan fingerprint density at radius 1 is 0.543 bits per heavy atom. The Labute approximate surface area is 264 Å². The SMILES string of the molecule is O=C(/C=C/c1ccccc1OC(=O)c1ccccc1)Oc1ccccc1/C=N/NC(=O)c1ccc(NC(=O)c2ccccc2)cc1. The second-order valence-corrected chi connectivity index (χ2v) is 9.68. The molecule has 9 nitrogen and oxygen atoms in total. The van der Waals surface area contributed by atoms with E-state index in [9.17, 15) is 19.2 Å². The van der Waals surface area contributed by atoms with Crippen LogP contribution in [0.15, 0.2) is 145 Å². The zero-order valence-electron chi connectivity index (χ0n) is 24.3. The number of anilines is 1. The molecule has 226 valence electrons. The number of amides is 2. The number of para-hydroxylation sites is 2. The van der Waals surface area contributed by atoms with Crippen molar-refractivity contribution in [2.75, 3.05) is 5.32 Å². The summed E-state index contributed by atoms with van der Waals surface area (Å²) >= 11 is 0. The normalized spacial score (nSPS) is 10.8. The number of nitrogens with zero attached hydrogens (tertiary/aromatic N) is 1. The number of esters is 2. The van der Waals surface area contributed by atoms with Crippen LogP contribution in [0.25, 0.3) is 6.08 Å². The number of benzene rings is 5. The van der Waals surface area contributed by atoms with Crippen molar-refractivity contribution in [1.29, 1.82) is 0 Å². The van der Waals surface area contributed by atoms with Gasteiger partial charge in [-0.05, 0) is 72.8 Å². The predicted octanol–water partition coefficient (Wildman–Crippen LogP) is 6.54. The molecule has 5 aromatic rings. The van der Waals surface area contributed by atoms with Gasteiger partial charge in [0, 0.05) is 34.0 Å². The maximum atomic E-state index is 12.7. The predicted molar refractivity (Wildman–Crippen MR) is 175 cm³/mol. The summed E-state index contributed by atoms with van der Waals surface area (Å²) in [6, 6.07) is 37.2. The standard InChI is InChI=1S/C37H27N3O6/c41-34(24-21-26-11-7-9-17-32(26)46-37(44)29-14-5-2-6-15-29)45-33-18-10-8-16-30(33)25-38-40-36(43)28-19-22-31(23-20-28)39-35(42)27-12-3-1-4-13-27/h1-25H,(H,39,42)(H,40,43)/b24-21+,38-25+. The fourth-order valence-corrected chi connectivity index (χ4v) is 4.15. The highest BCUT2D eigenvalue weighted by Crippen LogP contribution is 2.22. The van der Waals surface area contributed by atoms with Crippen LogP contribution in [0.5, 0.6) is 11.5 Å². The van der Waals surface area contributed by atoms with Crippen molar-refractivity contribution in [1.82, 2.24) is 5.43 Å². The fraction of sp³-hybridized carbons (Fsp3) is 0. The highest BCUT2D eigenvalue weighted by molar-refractivity contribution is 6.04. The van der Waals surface area contributed by atoms with Gasteiger partial charge in [0.25, 0.3) is 11.8 Å². The van der Waals surface area contributed by atoms with Crippen molar-refractivity contribution < 1.29 is 28.7 Å². The molecule has 9 heteroatoms. The Hall–Kier alpha value is -6.61. The number of ether oxygens (including phenoxy) is 2. The average Bonchev–Trinajstić information content (AvgIpc) is 3.09. The van der Waals surface area contributed by atoms with E-state index in [2.05, 4.69) is 15.8 Å². The second-order valence-electron chi connectivity index (χ2n) is 9.68. The van der Waals surface area contributed by atoms with Gasteiger partial charge in [-0.15, -0.1) is 0 Å². The molecule has 0 saturated heterocycles. The molecule has 0 aliphatic rings. The summed E-state index contributed by atoms with van der Waals surface area (Å²) in [5, 5.41) is 6.78. The Morgan fingerprint density at radius 2 is 1.09 bits per heavy atom. The maximum Gasteiger partial charge on any atom is 0.343 e. The van der Waals surface area contributed by atoms with Crippen LogP contribution in [-0.4, -0.2) is 30.0 Å². The molecule has 5 rings (SSSR count). The lowest BCUT2D eigenvalue weighted by atomic mass is 10.1. The van der Waals surface area contributed by atoms with E-state index in [1.54, 1.807) is 127 Å². The molecule has 0 unspecified atom stereocenters. The third-order valence-corrected chi connectivity index (χ3v) is 6.47. The van der Waals surface area contributed by atoms with Crippen LogP contribution in [0.2, 0.25) is 0 Å². The van der Waals surface area contributed by atoms with Crippen molar-refractivity contribution >= 4 is 41.7 Å². The van der Waals surface area contributed by atoms with E-state index in [1.807, 2.05) is 6.07 Å². The van der Waals surface area contributed by atoms with Crippen molar-refractivity contribution in [2.45, 2.75) is 0 Å². The van der Waals surface area contributed by atoms with Gasteiger partial charge < -0.3 is 14.8 Å². The van der Waals surface area contributed by atoms with Gasteiger partial charge in [0.2, 0.25) is 0 Å². The van der Waals surface area contributed by atoms with Crippen molar-refractivity contribution in [3.63, 3.8) is 0 Å². The largest absolute Gasteiger partial charge is 0.423 e. The van der Waals surface area contributed by atoms with E-state index in [4.69, 9.17) is 9.47 Å². The minimum absolute atomic E-state index is 0.220. The van der Waals surface area contributed by atoms with Crippen LogP contribution >= 0.6 is 0 Å².